The highest BCUT2D eigenvalue weighted by molar-refractivity contribution is 9.10. The number of nitrogens with one attached hydrogen (secondary N) is 2. The van der Waals surface area contributed by atoms with Gasteiger partial charge < -0.3 is 15.7 Å². The van der Waals surface area contributed by atoms with Gasteiger partial charge in [-0.15, -0.1) is 0 Å². The molecule has 0 aliphatic rings. The molecule has 1 aromatic carbocycles. The van der Waals surface area contributed by atoms with Crippen LogP contribution in [0.15, 0.2) is 59.3 Å². The van der Waals surface area contributed by atoms with Gasteiger partial charge in [0.1, 0.15) is 5.82 Å². The molecule has 0 aliphatic heterocycles. The standard InChI is InChI=1S/C18H18BrN5O/c19-15-3-1-2-13(10-15)12-22-17-11-16(14-4-6-20-7-5-14)23-18(24-17)21-8-9-25/h1-7,10-11,25H,8-9,12H2,(H2,21,22,23,24). The van der Waals surface area contributed by atoms with E-state index in [2.05, 4.69) is 47.6 Å². The van der Waals surface area contributed by atoms with Gasteiger partial charge in [-0.2, -0.15) is 4.98 Å². The summed E-state index contributed by atoms with van der Waals surface area (Å²) in [6.45, 7) is 1.06. The lowest BCUT2D eigenvalue weighted by Gasteiger charge is -2.11. The lowest BCUT2D eigenvalue weighted by atomic mass is 10.2. The van der Waals surface area contributed by atoms with Crippen molar-refractivity contribution in [1.29, 1.82) is 0 Å². The van der Waals surface area contributed by atoms with Gasteiger partial charge in [0.25, 0.3) is 0 Å². The van der Waals surface area contributed by atoms with Crippen LogP contribution in [0.2, 0.25) is 0 Å². The van der Waals surface area contributed by atoms with Crippen molar-refractivity contribution in [2.24, 2.45) is 0 Å². The molecule has 25 heavy (non-hydrogen) atoms. The SMILES string of the molecule is OCCNc1nc(NCc2cccc(Br)c2)cc(-c2ccncc2)n1. The lowest BCUT2D eigenvalue weighted by Crippen LogP contribution is -2.11. The number of hydrogen-bond acceptors (Lipinski definition) is 6. The van der Waals surface area contributed by atoms with E-state index < -0.39 is 0 Å². The Morgan fingerprint density at radius 2 is 1.84 bits per heavy atom. The van der Waals surface area contributed by atoms with Crippen LogP contribution >= 0.6 is 15.9 Å². The van der Waals surface area contributed by atoms with Gasteiger partial charge in [-0.1, -0.05) is 28.1 Å². The predicted octanol–water partition coefficient (Wildman–Crippen LogP) is 3.32. The Hall–Kier alpha value is -2.51. The van der Waals surface area contributed by atoms with Gasteiger partial charge in [-0.25, -0.2) is 4.98 Å². The summed E-state index contributed by atoms with van der Waals surface area (Å²) in [6, 6.07) is 13.8. The monoisotopic (exact) mass is 399 g/mol. The molecule has 0 spiro atoms. The van der Waals surface area contributed by atoms with Crippen molar-refractivity contribution in [2.45, 2.75) is 6.54 Å². The molecule has 2 heterocycles. The number of nitrogens with zero attached hydrogens (tertiary/aromatic N) is 3. The first-order valence-electron chi connectivity index (χ1n) is 7.87. The number of aliphatic hydroxyl groups excluding tert-OH is 1. The number of anilines is 2. The molecule has 0 radical (unpaired) electrons. The lowest BCUT2D eigenvalue weighted by molar-refractivity contribution is 0.311. The van der Waals surface area contributed by atoms with Crippen LogP contribution in [0.5, 0.6) is 0 Å². The largest absolute Gasteiger partial charge is 0.395 e. The number of halogens is 1. The molecule has 0 bridgehead atoms. The number of aliphatic hydroxyl groups is 1. The Morgan fingerprint density at radius 3 is 2.60 bits per heavy atom. The fourth-order valence-corrected chi connectivity index (χ4v) is 2.74. The second kappa shape index (κ2) is 8.55. The van der Waals surface area contributed by atoms with Crippen LogP contribution in [0.4, 0.5) is 11.8 Å². The topological polar surface area (TPSA) is 83.0 Å². The molecular formula is C18H18BrN5O. The smallest absolute Gasteiger partial charge is 0.225 e. The van der Waals surface area contributed by atoms with E-state index in [1.54, 1.807) is 12.4 Å². The van der Waals surface area contributed by atoms with Crippen molar-refractivity contribution < 1.29 is 5.11 Å². The van der Waals surface area contributed by atoms with Gasteiger partial charge in [0.15, 0.2) is 0 Å². The summed E-state index contributed by atoms with van der Waals surface area (Å²) >= 11 is 3.48. The second-order valence-corrected chi connectivity index (χ2v) is 6.25. The molecule has 0 saturated carbocycles. The van der Waals surface area contributed by atoms with Crippen molar-refractivity contribution in [1.82, 2.24) is 15.0 Å². The first-order valence-corrected chi connectivity index (χ1v) is 8.66. The number of benzene rings is 1. The van der Waals surface area contributed by atoms with E-state index in [1.807, 2.05) is 36.4 Å². The number of hydrogen-bond donors (Lipinski definition) is 3. The van der Waals surface area contributed by atoms with Crippen molar-refractivity contribution in [2.75, 3.05) is 23.8 Å². The highest BCUT2D eigenvalue weighted by Crippen LogP contribution is 2.21. The third-order valence-electron chi connectivity index (χ3n) is 3.46. The van der Waals surface area contributed by atoms with E-state index in [1.165, 1.54) is 0 Å². The summed E-state index contributed by atoms with van der Waals surface area (Å²) in [4.78, 5) is 13.0. The third-order valence-corrected chi connectivity index (χ3v) is 3.95. The van der Waals surface area contributed by atoms with E-state index in [4.69, 9.17) is 5.11 Å². The summed E-state index contributed by atoms with van der Waals surface area (Å²) in [7, 11) is 0. The highest BCUT2D eigenvalue weighted by Gasteiger charge is 2.07. The fourth-order valence-electron chi connectivity index (χ4n) is 2.29. The molecule has 6 nitrogen and oxygen atoms in total. The Kier molecular flexibility index (Phi) is 5.92. The maximum absolute atomic E-state index is 9.01. The third kappa shape index (κ3) is 4.98. The average Bonchev–Trinajstić information content (AvgIpc) is 2.65. The van der Waals surface area contributed by atoms with E-state index in [-0.39, 0.29) is 6.61 Å². The van der Waals surface area contributed by atoms with E-state index in [0.29, 0.717) is 24.9 Å². The minimum Gasteiger partial charge on any atom is -0.395 e. The summed E-state index contributed by atoms with van der Waals surface area (Å²) < 4.78 is 1.04. The molecule has 3 rings (SSSR count). The molecule has 3 N–H and O–H groups in total. The first-order chi connectivity index (χ1) is 12.2. The summed E-state index contributed by atoms with van der Waals surface area (Å²) in [5, 5.41) is 15.4. The molecule has 0 atom stereocenters. The van der Waals surface area contributed by atoms with Crippen molar-refractivity contribution >= 4 is 27.7 Å². The summed E-state index contributed by atoms with van der Waals surface area (Å²) in [5.41, 5.74) is 2.88. The average molecular weight is 400 g/mol. The molecule has 0 amide bonds. The molecule has 0 unspecified atom stereocenters. The van der Waals surface area contributed by atoms with Crippen molar-refractivity contribution in [3.63, 3.8) is 0 Å². The Balaban J connectivity index is 1.84. The quantitative estimate of drug-likeness (QED) is 0.565. The molecular weight excluding hydrogens is 382 g/mol. The van der Waals surface area contributed by atoms with Gasteiger partial charge >= 0.3 is 0 Å². The van der Waals surface area contributed by atoms with Crippen LogP contribution in [0.1, 0.15) is 5.56 Å². The van der Waals surface area contributed by atoms with Gasteiger partial charge in [0.2, 0.25) is 5.95 Å². The maximum atomic E-state index is 9.01. The molecule has 128 valence electrons. The Morgan fingerprint density at radius 1 is 1.00 bits per heavy atom. The van der Waals surface area contributed by atoms with Crippen molar-refractivity contribution in [3.8, 4) is 11.3 Å². The van der Waals surface area contributed by atoms with Gasteiger partial charge in [-0.05, 0) is 29.8 Å². The van der Waals surface area contributed by atoms with Crippen LogP contribution in [-0.2, 0) is 6.54 Å². The molecule has 2 aromatic heterocycles. The zero-order valence-corrected chi connectivity index (χ0v) is 15.1. The summed E-state index contributed by atoms with van der Waals surface area (Å²) in [6.07, 6.45) is 3.46. The van der Waals surface area contributed by atoms with Gasteiger partial charge in [0, 0.05) is 41.6 Å². The summed E-state index contributed by atoms with van der Waals surface area (Å²) in [5.74, 6) is 1.18. The van der Waals surface area contributed by atoms with Crippen LogP contribution in [0, 0.1) is 0 Å². The fraction of sp³-hybridized carbons (Fsp3) is 0.167. The van der Waals surface area contributed by atoms with Crippen molar-refractivity contribution in [3.05, 3.63) is 64.9 Å². The second-order valence-electron chi connectivity index (χ2n) is 5.33. The van der Waals surface area contributed by atoms with E-state index in [9.17, 15) is 0 Å². The number of rotatable bonds is 7. The van der Waals surface area contributed by atoms with Gasteiger partial charge in [-0.3, -0.25) is 4.98 Å². The first kappa shape index (κ1) is 17.3. The van der Waals surface area contributed by atoms with E-state index >= 15 is 0 Å². The molecule has 0 fully saturated rings. The van der Waals surface area contributed by atoms with Crippen LogP contribution in [-0.4, -0.2) is 33.2 Å². The zero-order valence-electron chi connectivity index (χ0n) is 13.5. The zero-order chi connectivity index (χ0) is 17.5. The maximum Gasteiger partial charge on any atom is 0.225 e. The van der Waals surface area contributed by atoms with Crippen LogP contribution in [0.25, 0.3) is 11.3 Å². The number of aromatic nitrogens is 3. The Labute approximate surface area is 154 Å². The molecule has 7 heteroatoms. The highest BCUT2D eigenvalue weighted by atomic mass is 79.9. The molecule has 0 saturated heterocycles. The van der Waals surface area contributed by atoms with Crippen LogP contribution in [0.3, 0.4) is 0 Å². The molecule has 0 aliphatic carbocycles. The molecule has 3 aromatic rings. The normalized spacial score (nSPS) is 10.5. The minimum atomic E-state index is 0.0175. The minimum absolute atomic E-state index is 0.0175. The number of pyridine rings is 1. The van der Waals surface area contributed by atoms with Crippen LogP contribution < -0.4 is 10.6 Å². The van der Waals surface area contributed by atoms with E-state index in [0.717, 1.165) is 21.3 Å². The van der Waals surface area contributed by atoms with Gasteiger partial charge in [0.05, 0.1) is 12.3 Å². The predicted molar refractivity (Wildman–Crippen MR) is 102 cm³/mol. The Bertz CT molecular complexity index is 829.